The molecule has 1 unspecified atom stereocenters. The van der Waals surface area contributed by atoms with Crippen LogP contribution in [0.3, 0.4) is 0 Å². The first kappa shape index (κ1) is 29.5. The highest BCUT2D eigenvalue weighted by atomic mass is 32.2. The molecule has 12 heteroatoms. The van der Waals surface area contributed by atoms with Crippen LogP contribution in [0.2, 0.25) is 0 Å². The summed E-state index contributed by atoms with van der Waals surface area (Å²) in [7, 11) is -3.38. The molecule has 0 bridgehead atoms. The van der Waals surface area contributed by atoms with Gasteiger partial charge >= 0.3 is 6.18 Å². The van der Waals surface area contributed by atoms with Crippen molar-refractivity contribution in [3.8, 4) is 0 Å². The zero-order chi connectivity index (χ0) is 29.1. The Morgan fingerprint density at radius 3 is 2.30 bits per heavy atom. The molecule has 2 N–H and O–H groups in total. The molecule has 214 valence electrons. The lowest BCUT2D eigenvalue weighted by Gasteiger charge is -2.23. The fourth-order valence-electron chi connectivity index (χ4n) is 4.77. The number of carbonyl (C=O) groups excluding carboxylic acids is 1. The van der Waals surface area contributed by atoms with E-state index in [-0.39, 0.29) is 22.1 Å². The Bertz CT molecular complexity index is 1410. The van der Waals surface area contributed by atoms with Crippen molar-refractivity contribution in [2.75, 3.05) is 30.5 Å². The second kappa shape index (κ2) is 11.9. The summed E-state index contributed by atoms with van der Waals surface area (Å²) in [6.07, 6.45) is -2.70. The lowest BCUT2D eigenvalue weighted by Crippen LogP contribution is -2.32. The quantitative estimate of drug-likeness (QED) is 0.357. The number of rotatable bonds is 9. The van der Waals surface area contributed by atoms with Gasteiger partial charge in [0, 0.05) is 18.7 Å². The second-order valence-electron chi connectivity index (χ2n) is 9.60. The van der Waals surface area contributed by atoms with Crippen LogP contribution in [0, 0.1) is 0 Å². The van der Waals surface area contributed by atoms with Gasteiger partial charge in [-0.2, -0.15) is 13.2 Å². The summed E-state index contributed by atoms with van der Waals surface area (Å²) in [5.74, 6) is -0.319. The molecule has 7 nitrogen and oxygen atoms in total. The minimum atomic E-state index is -4.43. The average molecular weight is 580 g/mol. The molecular weight excluding hydrogens is 550 g/mol. The van der Waals surface area contributed by atoms with E-state index in [2.05, 4.69) is 10.3 Å². The number of nitrogens with one attached hydrogen (secondary N) is 1. The predicted molar refractivity (Wildman–Crippen MR) is 142 cm³/mol. The van der Waals surface area contributed by atoms with Gasteiger partial charge in [0.1, 0.15) is 12.5 Å². The van der Waals surface area contributed by atoms with Gasteiger partial charge in [0.05, 0.1) is 40.5 Å². The van der Waals surface area contributed by atoms with Crippen molar-refractivity contribution in [2.24, 2.45) is 0 Å². The smallest absolute Gasteiger partial charge is 0.394 e. The summed E-state index contributed by atoms with van der Waals surface area (Å²) in [5.41, 5.74) is 0.657. The number of carbonyl (C=O) groups is 1. The molecule has 0 radical (unpaired) electrons. The number of anilines is 1. The van der Waals surface area contributed by atoms with Crippen LogP contribution in [-0.4, -0.2) is 56.0 Å². The minimum absolute atomic E-state index is 0.0469. The summed E-state index contributed by atoms with van der Waals surface area (Å²) in [6, 6.07) is 12.6. The largest absolute Gasteiger partial charge is 0.416 e. The highest BCUT2D eigenvalue weighted by molar-refractivity contribution is 7.91. The molecule has 1 aliphatic rings. The van der Waals surface area contributed by atoms with Gasteiger partial charge in [-0.3, -0.25) is 4.79 Å². The Kier molecular flexibility index (Phi) is 8.79. The third-order valence-electron chi connectivity index (χ3n) is 7.12. The monoisotopic (exact) mass is 579 g/mol. The lowest BCUT2D eigenvalue weighted by molar-refractivity contribution is -0.137. The van der Waals surface area contributed by atoms with Crippen molar-refractivity contribution in [1.29, 1.82) is 0 Å². The van der Waals surface area contributed by atoms with Gasteiger partial charge in [-0.15, -0.1) is 0 Å². The van der Waals surface area contributed by atoms with Crippen LogP contribution in [0.25, 0.3) is 0 Å². The lowest BCUT2D eigenvalue weighted by atomic mass is 9.95. The summed E-state index contributed by atoms with van der Waals surface area (Å²) < 4.78 is 76.6. The van der Waals surface area contributed by atoms with Gasteiger partial charge in [0.15, 0.2) is 9.84 Å². The van der Waals surface area contributed by atoms with Gasteiger partial charge in [-0.25, -0.2) is 17.8 Å². The normalized spacial score (nSPS) is 18.5. The van der Waals surface area contributed by atoms with E-state index in [0.29, 0.717) is 29.9 Å². The summed E-state index contributed by atoms with van der Waals surface area (Å²) >= 11 is 0. The number of hydrogen-bond acceptors (Lipinski definition) is 6. The third-order valence-corrected chi connectivity index (χ3v) is 8.87. The van der Waals surface area contributed by atoms with Crippen LogP contribution >= 0.6 is 0 Å². The fourth-order valence-corrected chi connectivity index (χ4v) is 5.65. The Hall–Kier alpha value is -3.51. The number of pyridine rings is 1. The Labute approximate surface area is 229 Å². The molecule has 0 spiro atoms. The third kappa shape index (κ3) is 6.44. The van der Waals surface area contributed by atoms with Crippen LogP contribution in [0.15, 0.2) is 71.8 Å². The maximum absolute atomic E-state index is 13.9. The minimum Gasteiger partial charge on any atom is -0.394 e. The molecule has 4 rings (SSSR count). The van der Waals surface area contributed by atoms with E-state index in [0.717, 1.165) is 12.1 Å². The van der Waals surface area contributed by atoms with Crippen molar-refractivity contribution < 1.29 is 35.9 Å². The average Bonchev–Trinajstić information content (AvgIpc) is 3.40. The van der Waals surface area contributed by atoms with Crippen molar-refractivity contribution in [1.82, 2.24) is 10.3 Å². The molecule has 3 atom stereocenters. The zero-order valence-electron chi connectivity index (χ0n) is 21.6. The molecule has 2 aromatic carbocycles. The number of halogens is 4. The van der Waals surface area contributed by atoms with E-state index < -0.39 is 52.8 Å². The first-order chi connectivity index (χ1) is 19.0. The van der Waals surface area contributed by atoms with Gasteiger partial charge in [0.2, 0.25) is 0 Å². The second-order valence-corrected chi connectivity index (χ2v) is 11.9. The molecule has 1 fully saturated rings. The molecule has 1 aliphatic heterocycles. The van der Waals surface area contributed by atoms with Crippen LogP contribution in [0.1, 0.15) is 52.4 Å². The van der Waals surface area contributed by atoms with Crippen molar-refractivity contribution in [2.45, 2.75) is 42.4 Å². The summed E-state index contributed by atoms with van der Waals surface area (Å²) in [5, 5.41) is 12.5. The number of aliphatic hydroxyl groups is 1. The van der Waals surface area contributed by atoms with Gasteiger partial charge in [-0.1, -0.05) is 31.2 Å². The Morgan fingerprint density at radius 2 is 1.77 bits per heavy atom. The topological polar surface area (TPSA) is 99.6 Å². The number of aliphatic hydroxyl groups excluding tert-OH is 1. The fraction of sp³-hybridized carbons (Fsp3) is 0.357. The highest BCUT2D eigenvalue weighted by Gasteiger charge is 2.35. The maximum Gasteiger partial charge on any atom is 0.416 e. The Morgan fingerprint density at radius 1 is 1.10 bits per heavy atom. The molecule has 40 heavy (non-hydrogen) atoms. The van der Waals surface area contributed by atoms with Gasteiger partial charge in [0.25, 0.3) is 5.91 Å². The van der Waals surface area contributed by atoms with Crippen molar-refractivity contribution in [3.63, 3.8) is 0 Å². The number of benzene rings is 2. The van der Waals surface area contributed by atoms with Crippen LogP contribution < -0.4 is 10.2 Å². The van der Waals surface area contributed by atoms with E-state index >= 15 is 0 Å². The van der Waals surface area contributed by atoms with E-state index in [4.69, 9.17) is 0 Å². The number of sulfone groups is 1. The van der Waals surface area contributed by atoms with E-state index in [1.807, 2.05) is 0 Å². The van der Waals surface area contributed by atoms with Crippen LogP contribution in [-0.2, 0) is 16.0 Å². The molecule has 1 saturated heterocycles. The maximum atomic E-state index is 13.9. The van der Waals surface area contributed by atoms with E-state index in [1.165, 1.54) is 48.7 Å². The van der Waals surface area contributed by atoms with Crippen molar-refractivity contribution in [3.05, 3.63) is 89.1 Å². The molecular formula is C28H29F4N3O4S. The first-order valence-electron chi connectivity index (χ1n) is 12.7. The molecule has 0 aliphatic carbocycles. The summed E-state index contributed by atoms with van der Waals surface area (Å²) in [6.45, 7) is 0.805. The standard InChI is InChI=1S/C28H29F4N3O4S/c1-2-40(38,39)24-10-5-19(6-11-24)25(17-36)34-27(37)20-7-12-26(33-15-20)35-16-21(13-23(35)14-29)18-3-8-22(9-4-18)28(30,31)32/h3-12,15,21,23,25,36H,2,13-14,16-17H2,1H3,(H,34,37)/t21?,23-,25-/m0/s1. The molecule has 3 aromatic rings. The number of hydrogen-bond donors (Lipinski definition) is 2. The van der Waals surface area contributed by atoms with Gasteiger partial charge < -0.3 is 15.3 Å². The molecule has 2 heterocycles. The number of alkyl halides is 4. The van der Waals surface area contributed by atoms with E-state index in [1.54, 1.807) is 17.9 Å². The van der Waals surface area contributed by atoms with Crippen LogP contribution in [0.5, 0.6) is 0 Å². The number of amides is 1. The predicted octanol–water partition coefficient (Wildman–Crippen LogP) is 4.69. The summed E-state index contributed by atoms with van der Waals surface area (Å²) in [4.78, 5) is 19.1. The molecule has 0 saturated carbocycles. The number of aromatic nitrogens is 1. The Balaban J connectivity index is 1.43. The SMILES string of the molecule is CCS(=O)(=O)c1ccc([C@H](CO)NC(=O)c2ccc(N3CC(c4ccc(C(F)(F)F)cc4)C[C@H]3CF)nc2)cc1. The molecule has 1 amide bonds. The molecule has 1 aromatic heterocycles. The highest BCUT2D eigenvalue weighted by Crippen LogP contribution is 2.36. The van der Waals surface area contributed by atoms with Gasteiger partial charge in [-0.05, 0) is 53.9 Å². The number of nitrogens with zero attached hydrogens (tertiary/aromatic N) is 2. The van der Waals surface area contributed by atoms with Crippen LogP contribution in [0.4, 0.5) is 23.4 Å². The van der Waals surface area contributed by atoms with E-state index in [9.17, 15) is 35.9 Å². The zero-order valence-corrected chi connectivity index (χ0v) is 22.4. The first-order valence-corrected chi connectivity index (χ1v) is 14.3. The van der Waals surface area contributed by atoms with Crippen molar-refractivity contribution >= 4 is 21.6 Å².